The van der Waals surface area contributed by atoms with Crippen molar-refractivity contribution in [2.75, 3.05) is 20.3 Å². The van der Waals surface area contributed by atoms with Crippen LogP contribution < -0.4 is 5.73 Å². The fraction of sp³-hybridized carbons (Fsp3) is 0.571. The lowest BCUT2D eigenvalue weighted by molar-refractivity contribution is -0.0113. The zero-order chi connectivity index (χ0) is 12.7. The van der Waals surface area contributed by atoms with Gasteiger partial charge < -0.3 is 15.2 Å². The molecule has 0 radical (unpaired) electrons. The summed E-state index contributed by atoms with van der Waals surface area (Å²) in [6, 6.07) is 9.95. The number of hydrogen-bond acceptors (Lipinski definition) is 3. The second-order valence-corrected chi connectivity index (χ2v) is 4.81. The molecule has 96 valence electrons. The SMILES string of the molecule is COC(C)(C)CCOCC(N)c1ccccc1. The lowest BCUT2D eigenvalue weighted by Gasteiger charge is -2.23. The number of hydrogen-bond donors (Lipinski definition) is 1. The summed E-state index contributed by atoms with van der Waals surface area (Å²) < 4.78 is 10.9. The number of ether oxygens (including phenoxy) is 2. The Balaban J connectivity index is 2.24. The summed E-state index contributed by atoms with van der Waals surface area (Å²) in [6.45, 7) is 5.31. The summed E-state index contributed by atoms with van der Waals surface area (Å²) in [5.74, 6) is 0. The van der Waals surface area contributed by atoms with Crippen LogP contribution in [-0.2, 0) is 9.47 Å². The average Bonchev–Trinajstić information content (AvgIpc) is 2.35. The Kier molecular flexibility index (Phi) is 5.62. The minimum Gasteiger partial charge on any atom is -0.379 e. The minimum absolute atomic E-state index is 0.0538. The van der Waals surface area contributed by atoms with Gasteiger partial charge in [-0.15, -0.1) is 0 Å². The van der Waals surface area contributed by atoms with Crippen molar-refractivity contribution in [2.45, 2.75) is 31.9 Å². The molecule has 0 saturated heterocycles. The first-order valence-electron chi connectivity index (χ1n) is 5.98. The summed E-state index contributed by atoms with van der Waals surface area (Å²) >= 11 is 0. The molecule has 3 nitrogen and oxygen atoms in total. The van der Waals surface area contributed by atoms with Crippen LogP contribution in [0.25, 0.3) is 0 Å². The second-order valence-electron chi connectivity index (χ2n) is 4.81. The number of nitrogens with two attached hydrogens (primary N) is 1. The second kappa shape index (κ2) is 6.74. The lowest BCUT2D eigenvalue weighted by Crippen LogP contribution is -2.25. The van der Waals surface area contributed by atoms with E-state index in [1.54, 1.807) is 7.11 Å². The maximum atomic E-state index is 6.02. The highest BCUT2D eigenvalue weighted by Gasteiger charge is 2.16. The predicted molar refractivity (Wildman–Crippen MR) is 69.9 cm³/mol. The van der Waals surface area contributed by atoms with Gasteiger partial charge in [0, 0.05) is 13.7 Å². The first-order valence-corrected chi connectivity index (χ1v) is 5.98. The van der Waals surface area contributed by atoms with Crippen LogP contribution in [0.15, 0.2) is 30.3 Å². The van der Waals surface area contributed by atoms with Gasteiger partial charge in [0.15, 0.2) is 0 Å². The maximum Gasteiger partial charge on any atom is 0.0659 e. The summed E-state index contributed by atoms with van der Waals surface area (Å²) in [6.07, 6.45) is 0.866. The minimum atomic E-state index is -0.128. The highest BCUT2D eigenvalue weighted by molar-refractivity contribution is 5.18. The van der Waals surface area contributed by atoms with Crippen molar-refractivity contribution in [2.24, 2.45) is 5.73 Å². The van der Waals surface area contributed by atoms with Gasteiger partial charge in [-0.2, -0.15) is 0 Å². The van der Waals surface area contributed by atoms with Crippen LogP contribution in [0.4, 0.5) is 0 Å². The zero-order valence-electron chi connectivity index (χ0n) is 11.0. The molecule has 0 aromatic heterocycles. The van der Waals surface area contributed by atoms with E-state index in [0.29, 0.717) is 13.2 Å². The molecular formula is C14H23NO2. The Morgan fingerprint density at radius 3 is 2.47 bits per heavy atom. The third-order valence-electron chi connectivity index (χ3n) is 2.93. The number of benzene rings is 1. The molecule has 0 spiro atoms. The van der Waals surface area contributed by atoms with E-state index in [1.807, 2.05) is 44.2 Å². The Labute approximate surface area is 104 Å². The lowest BCUT2D eigenvalue weighted by atomic mass is 10.1. The van der Waals surface area contributed by atoms with E-state index in [1.165, 1.54) is 0 Å². The van der Waals surface area contributed by atoms with Gasteiger partial charge in [0.2, 0.25) is 0 Å². The van der Waals surface area contributed by atoms with Crippen molar-refractivity contribution >= 4 is 0 Å². The molecule has 1 aromatic rings. The molecule has 0 saturated carbocycles. The molecule has 0 amide bonds. The van der Waals surface area contributed by atoms with Gasteiger partial charge in [-0.05, 0) is 25.8 Å². The smallest absolute Gasteiger partial charge is 0.0659 e. The number of rotatable bonds is 7. The van der Waals surface area contributed by atoms with Crippen LogP contribution in [-0.4, -0.2) is 25.9 Å². The highest BCUT2D eigenvalue weighted by atomic mass is 16.5. The highest BCUT2D eigenvalue weighted by Crippen LogP contribution is 2.14. The quantitative estimate of drug-likeness (QED) is 0.741. The Morgan fingerprint density at radius 2 is 1.88 bits per heavy atom. The van der Waals surface area contributed by atoms with Crippen molar-refractivity contribution < 1.29 is 9.47 Å². The average molecular weight is 237 g/mol. The fourth-order valence-electron chi connectivity index (χ4n) is 1.43. The molecule has 0 aliphatic carbocycles. The van der Waals surface area contributed by atoms with E-state index in [-0.39, 0.29) is 11.6 Å². The van der Waals surface area contributed by atoms with Crippen molar-refractivity contribution in [1.29, 1.82) is 0 Å². The molecule has 1 rings (SSSR count). The molecule has 1 atom stereocenters. The molecule has 17 heavy (non-hydrogen) atoms. The summed E-state index contributed by atoms with van der Waals surface area (Å²) in [4.78, 5) is 0. The van der Waals surface area contributed by atoms with E-state index < -0.39 is 0 Å². The first kappa shape index (κ1) is 14.2. The molecule has 0 aliphatic heterocycles. The molecule has 1 aromatic carbocycles. The van der Waals surface area contributed by atoms with Gasteiger partial charge in [0.1, 0.15) is 0 Å². The predicted octanol–water partition coefficient (Wildman–Crippen LogP) is 2.52. The molecule has 0 heterocycles. The molecule has 3 heteroatoms. The first-order chi connectivity index (χ1) is 8.05. The summed E-state index contributed by atoms with van der Waals surface area (Å²) in [5, 5.41) is 0. The monoisotopic (exact) mass is 237 g/mol. The third-order valence-corrected chi connectivity index (χ3v) is 2.93. The van der Waals surface area contributed by atoms with Crippen LogP contribution in [0.2, 0.25) is 0 Å². The van der Waals surface area contributed by atoms with Crippen molar-refractivity contribution in [3.8, 4) is 0 Å². The standard InChI is InChI=1S/C14H23NO2/c1-14(2,16-3)9-10-17-11-13(15)12-7-5-4-6-8-12/h4-8,13H,9-11,15H2,1-3H3. The van der Waals surface area contributed by atoms with Crippen LogP contribution in [0.3, 0.4) is 0 Å². The van der Waals surface area contributed by atoms with E-state index >= 15 is 0 Å². The Hall–Kier alpha value is -0.900. The molecule has 0 fully saturated rings. The maximum absolute atomic E-state index is 6.02. The molecule has 2 N–H and O–H groups in total. The molecular weight excluding hydrogens is 214 g/mol. The molecule has 0 aliphatic rings. The van der Waals surface area contributed by atoms with E-state index in [2.05, 4.69) is 0 Å². The normalized spacial score (nSPS) is 13.6. The van der Waals surface area contributed by atoms with Gasteiger partial charge in [-0.3, -0.25) is 0 Å². The van der Waals surface area contributed by atoms with Gasteiger partial charge in [0.05, 0.1) is 18.2 Å². The Morgan fingerprint density at radius 1 is 1.24 bits per heavy atom. The topological polar surface area (TPSA) is 44.5 Å². The van der Waals surface area contributed by atoms with Crippen molar-refractivity contribution in [1.82, 2.24) is 0 Å². The zero-order valence-corrected chi connectivity index (χ0v) is 11.0. The summed E-state index contributed by atoms with van der Waals surface area (Å²) in [5.41, 5.74) is 7.00. The van der Waals surface area contributed by atoms with Gasteiger partial charge in [-0.1, -0.05) is 30.3 Å². The van der Waals surface area contributed by atoms with Gasteiger partial charge in [0.25, 0.3) is 0 Å². The van der Waals surface area contributed by atoms with E-state index in [0.717, 1.165) is 12.0 Å². The van der Waals surface area contributed by atoms with Crippen molar-refractivity contribution in [3.63, 3.8) is 0 Å². The third kappa shape index (κ3) is 5.31. The number of methoxy groups -OCH3 is 1. The Bertz CT molecular complexity index is 311. The fourth-order valence-corrected chi connectivity index (χ4v) is 1.43. The molecule has 0 bridgehead atoms. The van der Waals surface area contributed by atoms with Crippen LogP contribution in [0.1, 0.15) is 31.9 Å². The van der Waals surface area contributed by atoms with E-state index in [9.17, 15) is 0 Å². The summed E-state index contributed by atoms with van der Waals surface area (Å²) in [7, 11) is 1.72. The van der Waals surface area contributed by atoms with Crippen LogP contribution in [0.5, 0.6) is 0 Å². The molecule has 1 unspecified atom stereocenters. The van der Waals surface area contributed by atoms with Gasteiger partial charge >= 0.3 is 0 Å². The largest absolute Gasteiger partial charge is 0.379 e. The van der Waals surface area contributed by atoms with E-state index in [4.69, 9.17) is 15.2 Å². The van der Waals surface area contributed by atoms with Crippen LogP contribution >= 0.6 is 0 Å². The van der Waals surface area contributed by atoms with Crippen LogP contribution in [0, 0.1) is 0 Å². The van der Waals surface area contributed by atoms with Gasteiger partial charge in [-0.25, -0.2) is 0 Å². The van der Waals surface area contributed by atoms with Crippen molar-refractivity contribution in [3.05, 3.63) is 35.9 Å².